The lowest BCUT2D eigenvalue weighted by Gasteiger charge is -2.34. The van der Waals surface area contributed by atoms with Crippen molar-refractivity contribution in [2.45, 2.75) is 38.6 Å². The van der Waals surface area contributed by atoms with Crippen LogP contribution in [0.1, 0.15) is 49.8 Å². The number of hydrogen-bond acceptors (Lipinski definition) is 3. The third-order valence-electron chi connectivity index (χ3n) is 5.12. The number of phenols is 1. The first-order chi connectivity index (χ1) is 12.4. The van der Waals surface area contributed by atoms with Crippen molar-refractivity contribution in [3.05, 3.63) is 59.4 Å². The number of hydrogen-bond donors (Lipinski definition) is 2. The molecule has 0 spiro atoms. The van der Waals surface area contributed by atoms with Gasteiger partial charge in [0.15, 0.2) is 11.6 Å². The first kappa shape index (κ1) is 18.2. The molecule has 138 valence electrons. The molecule has 4 nitrogen and oxygen atoms in total. The summed E-state index contributed by atoms with van der Waals surface area (Å²) in [5.41, 5.74) is 3.22. The number of carbonyl (C=O) groups excluding carboxylic acids is 1. The van der Waals surface area contributed by atoms with Crippen LogP contribution in [0.5, 0.6) is 5.75 Å². The van der Waals surface area contributed by atoms with E-state index in [0.29, 0.717) is 5.92 Å². The van der Waals surface area contributed by atoms with E-state index in [1.165, 1.54) is 24.6 Å². The Morgan fingerprint density at radius 3 is 2.42 bits per heavy atom. The first-order valence-corrected chi connectivity index (χ1v) is 9.04. The molecule has 2 aromatic carbocycles. The molecule has 1 aliphatic heterocycles. The molecule has 0 radical (unpaired) electrons. The number of amides is 1. The minimum absolute atomic E-state index is 0.00721. The number of benzene rings is 2. The van der Waals surface area contributed by atoms with E-state index < -0.39 is 5.82 Å². The number of rotatable bonds is 4. The summed E-state index contributed by atoms with van der Waals surface area (Å²) >= 11 is 0. The number of aromatic hydroxyl groups is 1. The number of halogens is 1. The van der Waals surface area contributed by atoms with Gasteiger partial charge in [0.1, 0.15) is 0 Å². The number of nitrogens with one attached hydrogen (secondary N) is 1. The van der Waals surface area contributed by atoms with Crippen molar-refractivity contribution < 1.29 is 14.3 Å². The Labute approximate surface area is 153 Å². The van der Waals surface area contributed by atoms with E-state index in [9.17, 15) is 14.3 Å². The topological polar surface area (TPSA) is 52.6 Å². The summed E-state index contributed by atoms with van der Waals surface area (Å²) in [4.78, 5) is 13.3. The molecule has 0 aliphatic carbocycles. The van der Waals surface area contributed by atoms with Crippen LogP contribution in [0, 0.1) is 5.82 Å². The fourth-order valence-corrected chi connectivity index (χ4v) is 3.61. The predicted molar refractivity (Wildman–Crippen MR) is 101 cm³/mol. The highest BCUT2D eigenvalue weighted by molar-refractivity contribution is 5.73. The standard InChI is InChI=1S/C21H25FN2O2/c1-14(23-15(2)25)16-3-5-17(6-4-16)18-9-11-24(12-10-18)19-7-8-21(26)20(22)13-19/h3-8,13-14,18,26H,9-12H2,1-2H3,(H,23,25)/t14-/m0/s1. The summed E-state index contributed by atoms with van der Waals surface area (Å²) in [6.07, 6.45) is 2.01. The Morgan fingerprint density at radius 1 is 1.19 bits per heavy atom. The minimum Gasteiger partial charge on any atom is -0.505 e. The molecule has 26 heavy (non-hydrogen) atoms. The molecule has 0 saturated carbocycles. The molecule has 0 unspecified atom stereocenters. The van der Waals surface area contributed by atoms with Crippen molar-refractivity contribution in [1.82, 2.24) is 5.32 Å². The number of anilines is 1. The van der Waals surface area contributed by atoms with Crippen molar-refractivity contribution in [3.8, 4) is 5.75 Å². The fraction of sp³-hybridized carbons (Fsp3) is 0.381. The van der Waals surface area contributed by atoms with E-state index >= 15 is 0 Å². The molecule has 0 aromatic heterocycles. The second-order valence-corrected chi connectivity index (χ2v) is 6.99. The van der Waals surface area contributed by atoms with E-state index in [2.05, 4.69) is 34.5 Å². The van der Waals surface area contributed by atoms with Crippen LogP contribution in [0.2, 0.25) is 0 Å². The molecule has 2 N–H and O–H groups in total. The van der Waals surface area contributed by atoms with Gasteiger partial charge in [0.2, 0.25) is 5.91 Å². The highest BCUT2D eigenvalue weighted by Gasteiger charge is 2.21. The van der Waals surface area contributed by atoms with Crippen LogP contribution in [-0.4, -0.2) is 24.1 Å². The highest BCUT2D eigenvalue weighted by atomic mass is 19.1. The molecule has 1 aliphatic rings. The van der Waals surface area contributed by atoms with Gasteiger partial charge in [-0.25, -0.2) is 4.39 Å². The Hall–Kier alpha value is -2.56. The summed E-state index contributed by atoms with van der Waals surface area (Å²) in [6.45, 7) is 5.22. The largest absolute Gasteiger partial charge is 0.505 e. The zero-order valence-corrected chi connectivity index (χ0v) is 15.2. The van der Waals surface area contributed by atoms with E-state index in [-0.39, 0.29) is 17.7 Å². The maximum atomic E-state index is 13.6. The van der Waals surface area contributed by atoms with Gasteiger partial charge in [0.05, 0.1) is 6.04 Å². The van der Waals surface area contributed by atoms with Gasteiger partial charge in [0, 0.05) is 31.8 Å². The van der Waals surface area contributed by atoms with E-state index in [4.69, 9.17) is 0 Å². The van der Waals surface area contributed by atoms with Gasteiger partial charge in [0.25, 0.3) is 0 Å². The van der Waals surface area contributed by atoms with Gasteiger partial charge in [-0.05, 0) is 48.9 Å². The summed E-state index contributed by atoms with van der Waals surface area (Å²) in [5.74, 6) is -0.427. The number of piperidine rings is 1. The molecular weight excluding hydrogens is 331 g/mol. The van der Waals surface area contributed by atoms with Crippen LogP contribution in [0.3, 0.4) is 0 Å². The van der Waals surface area contributed by atoms with Crippen LogP contribution in [0.4, 0.5) is 10.1 Å². The van der Waals surface area contributed by atoms with E-state index in [1.54, 1.807) is 6.07 Å². The lowest BCUT2D eigenvalue weighted by molar-refractivity contribution is -0.119. The van der Waals surface area contributed by atoms with Crippen LogP contribution in [-0.2, 0) is 4.79 Å². The molecule has 1 atom stereocenters. The Bertz CT molecular complexity index is 768. The van der Waals surface area contributed by atoms with Crippen LogP contribution < -0.4 is 10.2 Å². The summed E-state index contributed by atoms with van der Waals surface area (Å²) in [7, 11) is 0. The van der Waals surface area contributed by atoms with Gasteiger partial charge in [-0.2, -0.15) is 0 Å². The predicted octanol–water partition coefficient (Wildman–Crippen LogP) is 4.11. The lowest BCUT2D eigenvalue weighted by atomic mass is 9.88. The average molecular weight is 356 g/mol. The van der Waals surface area contributed by atoms with Crippen molar-refractivity contribution in [1.29, 1.82) is 0 Å². The molecule has 0 bridgehead atoms. The van der Waals surface area contributed by atoms with Crippen molar-refractivity contribution in [3.63, 3.8) is 0 Å². The zero-order chi connectivity index (χ0) is 18.7. The third kappa shape index (κ3) is 4.15. The second kappa shape index (κ2) is 7.77. The van der Waals surface area contributed by atoms with E-state index in [1.807, 2.05) is 6.92 Å². The maximum absolute atomic E-state index is 13.6. The Kier molecular flexibility index (Phi) is 5.45. The molecule has 3 rings (SSSR count). The first-order valence-electron chi connectivity index (χ1n) is 9.04. The smallest absolute Gasteiger partial charge is 0.217 e. The van der Waals surface area contributed by atoms with Gasteiger partial charge < -0.3 is 15.3 Å². The molecule has 5 heteroatoms. The average Bonchev–Trinajstić information content (AvgIpc) is 2.64. The van der Waals surface area contributed by atoms with Gasteiger partial charge in [-0.3, -0.25) is 4.79 Å². The van der Waals surface area contributed by atoms with Crippen LogP contribution in [0.25, 0.3) is 0 Å². The van der Waals surface area contributed by atoms with Crippen molar-refractivity contribution in [2.75, 3.05) is 18.0 Å². The Balaban J connectivity index is 1.61. The highest BCUT2D eigenvalue weighted by Crippen LogP contribution is 2.32. The minimum atomic E-state index is -0.575. The number of nitrogens with zero attached hydrogens (tertiary/aromatic N) is 1. The second-order valence-electron chi connectivity index (χ2n) is 6.99. The van der Waals surface area contributed by atoms with Gasteiger partial charge in [-0.1, -0.05) is 24.3 Å². The molecule has 2 aromatic rings. The van der Waals surface area contributed by atoms with Gasteiger partial charge in [-0.15, -0.1) is 0 Å². The van der Waals surface area contributed by atoms with Crippen molar-refractivity contribution >= 4 is 11.6 Å². The van der Waals surface area contributed by atoms with Crippen LogP contribution >= 0.6 is 0 Å². The zero-order valence-electron chi connectivity index (χ0n) is 15.2. The third-order valence-corrected chi connectivity index (χ3v) is 5.12. The number of carbonyl (C=O) groups is 1. The fourth-order valence-electron chi connectivity index (χ4n) is 3.61. The molecule has 1 saturated heterocycles. The number of phenolic OH excluding ortho intramolecular Hbond substituents is 1. The van der Waals surface area contributed by atoms with Crippen molar-refractivity contribution in [2.24, 2.45) is 0 Å². The Morgan fingerprint density at radius 2 is 1.85 bits per heavy atom. The van der Waals surface area contributed by atoms with E-state index in [0.717, 1.165) is 37.2 Å². The summed E-state index contributed by atoms with van der Waals surface area (Å²) in [6, 6.07) is 13.0. The lowest BCUT2D eigenvalue weighted by Crippen LogP contribution is -2.32. The van der Waals surface area contributed by atoms with Gasteiger partial charge >= 0.3 is 0 Å². The molecule has 1 heterocycles. The van der Waals surface area contributed by atoms with Crippen LogP contribution in [0.15, 0.2) is 42.5 Å². The molecular formula is C21H25FN2O2. The monoisotopic (exact) mass is 356 g/mol. The summed E-state index contributed by atoms with van der Waals surface area (Å²) < 4.78 is 13.6. The maximum Gasteiger partial charge on any atom is 0.217 e. The molecule has 1 amide bonds. The summed E-state index contributed by atoms with van der Waals surface area (Å²) in [5, 5.41) is 12.2. The molecule has 1 fully saturated rings. The quantitative estimate of drug-likeness (QED) is 0.867. The SMILES string of the molecule is CC(=O)N[C@@H](C)c1ccc(C2CCN(c3ccc(O)c(F)c3)CC2)cc1. The normalized spacial score (nSPS) is 16.3.